The molecule has 5 rings (SSSR count). The molecule has 0 aromatic heterocycles. The quantitative estimate of drug-likeness (QED) is 0.229. The van der Waals surface area contributed by atoms with Crippen LogP contribution in [0.2, 0.25) is 0 Å². The highest BCUT2D eigenvalue weighted by molar-refractivity contribution is 9.10. The van der Waals surface area contributed by atoms with Crippen molar-refractivity contribution in [1.82, 2.24) is 0 Å². The molecule has 216 valence electrons. The van der Waals surface area contributed by atoms with Crippen LogP contribution in [0.1, 0.15) is 77.3 Å². The number of carbonyl (C=O) groups excluding carboxylic acids is 2. The minimum Gasteiger partial charge on any atom is -0.490 e. The van der Waals surface area contributed by atoms with E-state index in [0.29, 0.717) is 70.9 Å². The van der Waals surface area contributed by atoms with Gasteiger partial charge in [-0.05, 0) is 69.1 Å². The van der Waals surface area contributed by atoms with Crippen molar-refractivity contribution in [1.29, 1.82) is 0 Å². The summed E-state index contributed by atoms with van der Waals surface area (Å²) in [7, 11) is 0. The highest BCUT2D eigenvalue weighted by Crippen LogP contribution is 2.54. The molecule has 9 heteroatoms. The number of Topliss-reactive ketones (excluding diaryl/α,β-unsaturated/α-hetero) is 2. The maximum absolute atomic E-state index is 13.6. The maximum atomic E-state index is 13.6. The number of halogens is 1. The van der Waals surface area contributed by atoms with Gasteiger partial charge in [0, 0.05) is 54.9 Å². The number of benzene rings is 2. The fraction of sp³-hybridized carbons (Fsp3) is 0.438. The Bertz CT molecular complexity index is 1450. The van der Waals surface area contributed by atoms with Gasteiger partial charge in [-0.3, -0.25) is 19.7 Å². The topological polar surface area (TPSA) is 105 Å². The van der Waals surface area contributed by atoms with Crippen LogP contribution in [0.5, 0.6) is 11.5 Å². The zero-order chi connectivity index (χ0) is 29.7. The number of non-ortho nitro benzene ring substituents is 1. The predicted molar refractivity (Wildman–Crippen MR) is 157 cm³/mol. The second-order valence-corrected chi connectivity index (χ2v) is 13.4. The summed E-state index contributed by atoms with van der Waals surface area (Å²) in [5.41, 5.74) is 2.17. The summed E-state index contributed by atoms with van der Waals surface area (Å²) >= 11 is 3.65. The Morgan fingerprint density at radius 3 is 2.00 bits per heavy atom. The van der Waals surface area contributed by atoms with Gasteiger partial charge in [0.15, 0.2) is 23.1 Å². The lowest BCUT2D eigenvalue weighted by Gasteiger charge is -2.42. The first kappa shape index (κ1) is 29.0. The zero-order valence-electron chi connectivity index (χ0n) is 24.0. The van der Waals surface area contributed by atoms with Crippen molar-refractivity contribution < 1.29 is 28.7 Å². The van der Waals surface area contributed by atoms with Gasteiger partial charge in [-0.25, -0.2) is 0 Å². The first-order chi connectivity index (χ1) is 19.3. The first-order valence-electron chi connectivity index (χ1n) is 13.8. The zero-order valence-corrected chi connectivity index (χ0v) is 25.6. The molecule has 2 aromatic rings. The third-order valence-corrected chi connectivity index (χ3v) is 8.37. The van der Waals surface area contributed by atoms with Crippen LogP contribution >= 0.6 is 15.9 Å². The highest BCUT2D eigenvalue weighted by atomic mass is 79.9. The van der Waals surface area contributed by atoms with Crippen LogP contribution in [-0.2, 0) is 20.9 Å². The lowest BCUT2D eigenvalue weighted by atomic mass is 9.65. The molecule has 3 aliphatic rings. The standard InChI is InChI=1S/C32H34BrNO7/c1-6-39-24-12-19(11-21(33)30(24)40-17-18-7-9-20(10-8-18)34(37)38)27-28-22(35)13-31(2,3)15-25(28)41-26-16-32(4,5)14-23(36)29(26)27/h7-12,27H,6,13-17H2,1-5H3. The predicted octanol–water partition coefficient (Wildman–Crippen LogP) is 7.74. The maximum Gasteiger partial charge on any atom is 0.269 e. The minimum absolute atomic E-state index is 0.00184. The van der Waals surface area contributed by atoms with Crippen LogP contribution in [0, 0.1) is 20.9 Å². The number of ether oxygens (including phenoxy) is 3. The molecule has 0 saturated carbocycles. The van der Waals surface area contributed by atoms with Crippen LogP contribution in [0.15, 0.2) is 63.5 Å². The molecule has 0 atom stereocenters. The van der Waals surface area contributed by atoms with E-state index in [0.717, 1.165) is 11.1 Å². The molecule has 0 unspecified atom stereocenters. The number of nitro benzene ring substituents is 1. The van der Waals surface area contributed by atoms with Crippen molar-refractivity contribution in [3.05, 3.63) is 84.8 Å². The number of hydrogen-bond donors (Lipinski definition) is 0. The van der Waals surface area contributed by atoms with Crippen LogP contribution in [0.25, 0.3) is 0 Å². The SMILES string of the molecule is CCOc1cc(C2C3=C(CC(C)(C)CC3=O)OC3=C2C(=O)CC(C)(C)C3)cc(Br)c1OCc1ccc([N+](=O)[O-])cc1. The second kappa shape index (κ2) is 10.7. The van der Waals surface area contributed by atoms with Gasteiger partial charge in [-0.1, -0.05) is 27.7 Å². The third kappa shape index (κ3) is 5.82. The molecule has 0 spiro atoms. The number of nitrogens with zero attached hydrogens (tertiary/aromatic N) is 1. The lowest BCUT2D eigenvalue weighted by Crippen LogP contribution is -2.37. The number of carbonyl (C=O) groups is 2. The molecule has 8 nitrogen and oxygen atoms in total. The van der Waals surface area contributed by atoms with Gasteiger partial charge in [0.2, 0.25) is 0 Å². The van der Waals surface area contributed by atoms with Gasteiger partial charge in [-0.15, -0.1) is 0 Å². The molecule has 0 bridgehead atoms. The number of rotatable bonds is 7. The molecule has 1 heterocycles. The van der Waals surface area contributed by atoms with Gasteiger partial charge in [-0.2, -0.15) is 0 Å². The molecule has 0 saturated heterocycles. The fourth-order valence-corrected chi connectivity index (χ4v) is 6.61. The molecule has 2 aromatic carbocycles. The van der Waals surface area contributed by atoms with Crippen molar-refractivity contribution in [3.63, 3.8) is 0 Å². The number of nitro groups is 1. The Labute approximate surface area is 248 Å². The Balaban J connectivity index is 1.57. The largest absolute Gasteiger partial charge is 0.490 e. The summed E-state index contributed by atoms with van der Waals surface area (Å²) in [5, 5.41) is 11.0. The Hall–Kier alpha value is -3.46. The molecule has 0 fully saturated rings. The van der Waals surface area contributed by atoms with Gasteiger partial charge in [0.05, 0.1) is 16.0 Å². The lowest BCUT2D eigenvalue weighted by molar-refractivity contribution is -0.384. The summed E-state index contributed by atoms with van der Waals surface area (Å²) in [4.78, 5) is 37.8. The van der Waals surface area contributed by atoms with E-state index in [-0.39, 0.29) is 34.7 Å². The Kier molecular flexibility index (Phi) is 7.61. The molecular formula is C32H34BrNO7. The van der Waals surface area contributed by atoms with E-state index in [1.165, 1.54) is 12.1 Å². The van der Waals surface area contributed by atoms with Crippen molar-refractivity contribution in [3.8, 4) is 11.5 Å². The van der Waals surface area contributed by atoms with Crippen LogP contribution in [0.4, 0.5) is 5.69 Å². The first-order valence-corrected chi connectivity index (χ1v) is 14.6. The van der Waals surface area contributed by atoms with Gasteiger partial charge < -0.3 is 14.2 Å². The summed E-state index contributed by atoms with van der Waals surface area (Å²) in [6, 6.07) is 9.91. The van der Waals surface area contributed by atoms with E-state index < -0.39 is 10.8 Å². The third-order valence-electron chi connectivity index (χ3n) is 7.78. The molecule has 2 aliphatic carbocycles. The van der Waals surface area contributed by atoms with Crippen molar-refractivity contribution in [2.45, 2.75) is 72.8 Å². The molecule has 0 amide bonds. The van der Waals surface area contributed by atoms with Crippen molar-refractivity contribution in [2.24, 2.45) is 10.8 Å². The number of allylic oxidation sites excluding steroid dienone is 4. The molecular weight excluding hydrogens is 590 g/mol. The number of hydrogen-bond acceptors (Lipinski definition) is 7. The normalized spacial score (nSPS) is 19.9. The van der Waals surface area contributed by atoms with Gasteiger partial charge in [0.25, 0.3) is 5.69 Å². The average molecular weight is 625 g/mol. The highest BCUT2D eigenvalue weighted by Gasteiger charge is 2.48. The summed E-state index contributed by atoms with van der Waals surface area (Å²) in [5.74, 6) is 1.70. The summed E-state index contributed by atoms with van der Waals surface area (Å²) in [6.07, 6.45) is 1.99. The average Bonchev–Trinajstić information content (AvgIpc) is 2.85. The van der Waals surface area contributed by atoms with Crippen molar-refractivity contribution >= 4 is 33.2 Å². The van der Waals surface area contributed by atoms with E-state index in [1.807, 2.05) is 19.1 Å². The number of ketones is 2. The Morgan fingerprint density at radius 1 is 0.927 bits per heavy atom. The Morgan fingerprint density at radius 2 is 1.49 bits per heavy atom. The van der Waals surface area contributed by atoms with E-state index in [9.17, 15) is 19.7 Å². The molecule has 0 N–H and O–H groups in total. The van der Waals surface area contributed by atoms with E-state index in [1.54, 1.807) is 12.1 Å². The van der Waals surface area contributed by atoms with E-state index in [2.05, 4.69) is 43.6 Å². The van der Waals surface area contributed by atoms with Crippen molar-refractivity contribution in [2.75, 3.05) is 6.61 Å². The summed E-state index contributed by atoms with van der Waals surface area (Å²) < 4.78 is 19.2. The monoisotopic (exact) mass is 623 g/mol. The van der Waals surface area contributed by atoms with Gasteiger partial charge in [0.1, 0.15) is 18.1 Å². The second-order valence-electron chi connectivity index (χ2n) is 12.6. The smallest absolute Gasteiger partial charge is 0.269 e. The van der Waals surface area contributed by atoms with Gasteiger partial charge >= 0.3 is 0 Å². The van der Waals surface area contributed by atoms with Crippen LogP contribution in [0.3, 0.4) is 0 Å². The van der Waals surface area contributed by atoms with E-state index >= 15 is 0 Å². The molecule has 41 heavy (non-hydrogen) atoms. The molecule has 0 radical (unpaired) electrons. The fourth-order valence-electron chi connectivity index (χ4n) is 6.03. The van der Waals surface area contributed by atoms with E-state index in [4.69, 9.17) is 14.2 Å². The van der Waals surface area contributed by atoms with Crippen LogP contribution < -0.4 is 9.47 Å². The molecule has 1 aliphatic heterocycles. The summed E-state index contributed by atoms with van der Waals surface area (Å²) in [6.45, 7) is 10.7. The van der Waals surface area contributed by atoms with Crippen LogP contribution in [-0.4, -0.2) is 23.1 Å². The minimum atomic E-state index is -0.555.